The Labute approximate surface area is 152 Å². The van der Waals surface area contributed by atoms with E-state index in [4.69, 9.17) is 0 Å². The summed E-state index contributed by atoms with van der Waals surface area (Å²) < 4.78 is 64.8. The van der Waals surface area contributed by atoms with Gasteiger partial charge in [0.2, 0.25) is 0 Å². The Morgan fingerprint density at radius 3 is 2.48 bits per heavy atom. The lowest BCUT2D eigenvalue weighted by Gasteiger charge is -2.13. The van der Waals surface area contributed by atoms with Crippen LogP contribution in [-0.2, 0) is 16.2 Å². The molecule has 0 saturated carbocycles. The molecule has 0 aliphatic carbocycles. The van der Waals surface area contributed by atoms with Crippen LogP contribution in [0.2, 0.25) is 0 Å². The summed E-state index contributed by atoms with van der Waals surface area (Å²) in [7, 11) is -4.15. The number of aryl methyl sites for hydroxylation is 1. The summed E-state index contributed by atoms with van der Waals surface area (Å²) in [4.78, 5) is 14.8. The fourth-order valence-corrected chi connectivity index (χ4v) is 3.54. The Bertz CT molecular complexity index is 1120. The third-order valence-corrected chi connectivity index (χ3v) is 5.18. The highest BCUT2D eigenvalue weighted by molar-refractivity contribution is 7.90. The zero-order chi connectivity index (χ0) is 19.8. The van der Waals surface area contributed by atoms with Crippen LogP contribution in [0.15, 0.2) is 53.6 Å². The van der Waals surface area contributed by atoms with E-state index in [0.29, 0.717) is 5.39 Å². The van der Waals surface area contributed by atoms with Crippen LogP contribution in [0.3, 0.4) is 0 Å². The molecule has 0 fully saturated rings. The van der Waals surface area contributed by atoms with E-state index >= 15 is 0 Å². The number of anilines is 1. The quantitative estimate of drug-likeness (QED) is 0.624. The highest BCUT2D eigenvalue weighted by Crippen LogP contribution is 2.32. The average Bonchev–Trinajstić information content (AvgIpc) is 3.00. The zero-order valence-electron chi connectivity index (χ0n) is 13.9. The van der Waals surface area contributed by atoms with Gasteiger partial charge in [-0.05, 0) is 55.0 Å². The van der Waals surface area contributed by atoms with Crippen LogP contribution >= 0.6 is 0 Å². The first-order chi connectivity index (χ1) is 12.6. The second-order valence-electron chi connectivity index (χ2n) is 5.81. The largest absolute Gasteiger partial charge is 0.416 e. The molecule has 3 N–H and O–H groups in total. The van der Waals surface area contributed by atoms with E-state index in [1.807, 2.05) is 4.72 Å². The molecule has 0 radical (unpaired) electrons. The number of aromatic amines is 1. The van der Waals surface area contributed by atoms with Crippen molar-refractivity contribution in [2.45, 2.75) is 18.0 Å². The Kier molecular flexibility index (Phi) is 4.60. The van der Waals surface area contributed by atoms with Gasteiger partial charge in [-0.25, -0.2) is 17.9 Å². The van der Waals surface area contributed by atoms with Gasteiger partial charge in [0.25, 0.3) is 10.0 Å². The van der Waals surface area contributed by atoms with Gasteiger partial charge >= 0.3 is 12.2 Å². The van der Waals surface area contributed by atoms with Crippen LogP contribution in [0.5, 0.6) is 0 Å². The van der Waals surface area contributed by atoms with Gasteiger partial charge in [0.1, 0.15) is 0 Å². The summed E-state index contributed by atoms with van der Waals surface area (Å²) in [6, 6.07) is 7.86. The summed E-state index contributed by atoms with van der Waals surface area (Å²) in [5, 5.41) is 2.87. The Morgan fingerprint density at radius 2 is 1.81 bits per heavy atom. The number of aromatic nitrogens is 1. The molecule has 3 rings (SSSR count). The highest BCUT2D eigenvalue weighted by Gasteiger charge is 2.32. The number of amides is 2. The van der Waals surface area contributed by atoms with Crippen LogP contribution in [0, 0.1) is 6.92 Å². The van der Waals surface area contributed by atoms with Crippen molar-refractivity contribution in [1.29, 1.82) is 0 Å². The van der Waals surface area contributed by atoms with Crippen molar-refractivity contribution >= 4 is 32.6 Å². The van der Waals surface area contributed by atoms with Crippen LogP contribution < -0.4 is 10.0 Å². The maximum Gasteiger partial charge on any atom is 0.416 e. The van der Waals surface area contributed by atoms with Crippen LogP contribution in [0.25, 0.3) is 10.9 Å². The number of fused-ring (bicyclic) bond motifs is 1. The van der Waals surface area contributed by atoms with Gasteiger partial charge < -0.3 is 10.3 Å². The normalized spacial score (nSPS) is 12.1. The highest BCUT2D eigenvalue weighted by atomic mass is 32.2. The second-order valence-corrected chi connectivity index (χ2v) is 7.50. The number of halogens is 3. The summed E-state index contributed by atoms with van der Waals surface area (Å²) in [6.45, 7) is 1.24. The molecule has 1 aromatic heterocycles. The van der Waals surface area contributed by atoms with Gasteiger partial charge in [-0.1, -0.05) is 0 Å². The SMILES string of the molecule is Cc1cc(NC(=O)NS(=O)(=O)c2ccc3[nH]ccc3c2)ccc1C(F)(F)F. The summed E-state index contributed by atoms with van der Waals surface area (Å²) in [5.74, 6) is 0. The number of rotatable bonds is 3. The number of H-pyrrole nitrogens is 1. The molecule has 27 heavy (non-hydrogen) atoms. The molecule has 1 heterocycles. The zero-order valence-corrected chi connectivity index (χ0v) is 14.7. The molecule has 0 aliphatic heterocycles. The van der Waals surface area contributed by atoms with Gasteiger partial charge in [0, 0.05) is 22.8 Å². The Hall–Kier alpha value is -3.01. The van der Waals surface area contributed by atoms with Crippen molar-refractivity contribution in [2.24, 2.45) is 0 Å². The third-order valence-electron chi connectivity index (χ3n) is 3.85. The molecule has 0 saturated heterocycles. The fourth-order valence-electron chi connectivity index (χ4n) is 2.60. The van der Waals surface area contributed by atoms with Gasteiger partial charge in [0.15, 0.2) is 0 Å². The number of urea groups is 1. The third kappa shape index (κ3) is 4.05. The lowest BCUT2D eigenvalue weighted by atomic mass is 10.1. The smallest absolute Gasteiger partial charge is 0.361 e. The van der Waals surface area contributed by atoms with E-state index in [2.05, 4.69) is 10.3 Å². The van der Waals surface area contributed by atoms with Gasteiger partial charge in [-0.15, -0.1) is 0 Å². The number of benzene rings is 2. The molecule has 2 amide bonds. The van der Waals surface area contributed by atoms with E-state index in [1.165, 1.54) is 19.1 Å². The van der Waals surface area contributed by atoms with E-state index < -0.39 is 27.8 Å². The molecule has 6 nitrogen and oxygen atoms in total. The van der Waals surface area contributed by atoms with Gasteiger partial charge in [-0.2, -0.15) is 13.2 Å². The first-order valence-electron chi connectivity index (χ1n) is 7.65. The van der Waals surface area contributed by atoms with E-state index in [9.17, 15) is 26.4 Å². The molecular formula is C17H14F3N3O3S. The fraction of sp³-hybridized carbons (Fsp3) is 0.118. The number of hydrogen-bond donors (Lipinski definition) is 3. The number of sulfonamides is 1. The second kappa shape index (κ2) is 6.62. The van der Waals surface area contributed by atoms with Crippen molar-refractivity contribution < 1.29 is 26.4 Å². The van der Waals surface area contributed by atoms with Crippen molar-refractivity contribution in [3.63, 3.8) is 0 Å². The lowest BCUT2D eigenvalue weighted by Crippen LogP contribution is -2.34. The molecule has 0 spiro atoms. The minimum atomic E-state index is -4.51. The van der Waals surface area contributed by atoms with Crippen molar-refractivity contribution in [2.75, 3.05) is 5.32 Å². The van der Waals surface area contributed by atoms with Crippen LogP contribution in [0.4, 0.5) is 23.7 Å². The van der Waals surface area contributed by atoms with Crippen LogP contribution in [-0.4, -0.2) is 19.4 Å². The van der Waals surface area contributed by atoms with Crippen molar-refractivity contribution in [3.8, 4) is 0 Å². The molecule has 2 aromatic carbocycles. The summed E-state index contributed by atoms with van der Waals surface area (Å²) in [6.07, 6.45) is -2.86. The van der Waals surface area contributed by atoms with E-state index in [-0.39, 0.29) is 16.1 Å². The van der Waals surface area contributed by atoms with E-state index in [0.717, 1.165) is 23.7 Å². The Morgan fingerprint density at radius 1 is 1.07 bits per heavy atom. The maximum absolute atomic E-state index is 12.8. The van der Waals surface area contributed by atoms with E-state index in [1.54, 1.807) is 18.3 Å². The summed E-state index contributed by atoms with van der Waals surface area (Å²) in [5.41, 5.74) is -0.158. The predicted octanol–water partition coefficient (Wildman–Crippen LogP) is 4.01. The standard InChI is InChI=1S/C17H14F3N3O3S/c1-10-8-12(2-4-14(10)17(18,19)20)22-16(24)23-27(25,26)13-3-5-15-11(9-13)6-7-21-15/h2-9,21H,1H3,(H2,22,23,24). The first-order valence-corrected chi connectivity index (χ1v) is 9.13. The molecule has 3 aromatic rings. The average molecular weight is 397 g/mol. The first kappa shape index (κ1) is 18.8. The maximum atomic E-state index is 12.8. The van der Waals surface area contributed by atoms with Crippen LogP contribution in [0.1, 0.15) is 11.1 Å². The predicted molar refractivity (Wildman–Crippen MR) is 93.8 cm³/mol. The lowest BCUT2D eigenvalue weighted by molar-refractivity contribution is -0.138. The molecule has 10 heteroatoms. The van der Waals surface area contributed by atoms with Crippen molar-refractivity contribution in [1.82, 2.24) is 9.71 Å². The molecule has 0 bridgehead atoms. The monoisotopic (exact) mass is 397 g/mol. The molecule has 0 atom stereocenters. The molecule has 0 aliphatic rings. The number of alkyl halides is 3. The number of carbonyl (C=O) groups excluding carboxylic acids is 1. The number of nitrogens with one attached hydrogen (secondary N) is 3. The number of hydrogen-bond acceptors (Lipinski definition) is 3. The minimum Gasteiger partial charge on any atom is -0.361 e. The van der Waals surface area contributed by atoms with Gasteiger partial charge in [-0.3, -0.25) is 0 Å². The summed E-state index contributed by atoms with van der Waals surface area (Å²) >= 11 is 0. The minimum absolute atomic E-state index is 0.0364. The number of carbonyl (C=O) groups is 1. The topological polar surface area (TPSA) is 91.1 Å². The van der Waals surface area contributed by atoms with Gasteiger partial charge in [0.05, 0.1) is 10.5 Å². The molecule has 142 valence electrons. The van der Waals surface area contributed by atoms with Crippen molar-refractivity contribution in [3.05, 3.63) is 59.8 Å². The molecular weight excluding hydrogens is 383 g/mol. The molecule has 0 unspecified atom stereocenters. The Balaban J connectivity index is 1.75.